The fourth-order valence-electron chi connectivity index (χ4n) is 4.99. The van der Waals surface area contributed by atoms with Gasteiger partial charge in [-0.05, 0) is 68.8 Å². The molecule has 3 aromatic rings. The van der Waals surface area contributed by atoms with Gasteiger partial charge < -0.3 is 10.2 Å². The van der Waals surface area contributed by atoms with Crippen LogP contribution in [0, 0.1) is 11.3 Å². The number of hydrogen-bond donors (Lipinski definition) is 1. The molecule has 2 aliphatic rings. The van der Waals surface area contributed by atoms with Gasteiger partial charge in [0.25, 0.3) is 0 Å². The third-order valence-corrected chi connectivity index (χ3v) is 7.61. The first-order chi connectivity index (χ1) is 13.9. The van der Waals surface area contributed by atoms with Crippen molar-refractivity contribution in [1.29, 1.82) is 0 Å². The smallest absolute Gasteiger partial charge is 0.131 e. The minimum absolute atomic E-state index is 0.501. The lowest BCUT2D eigenvalue weighted by Crippen LogP contribution is -2.48. The normalized spacial score (nSPS) is 19.6. The van der Waals surface area contributed by atoms with Crippen LogP contribution in [0.5, 0.6) is 0 Å². The van der Waals surface area contributed by atoms with E-state index in [9.17, 15) is 0 Å². The predicted molar refractivity (Wildman–Crippen MR) is 123 cm³/mol. The molecule has 1 aromatic carbocycles. The number of anilines is 1. The van der Waals surface area contributed by atoms with Crippen LogP contribution in [0.25, 0.3) is 22.0 Å². The maximum atomic E-state index is 5.75. The third kappa shape index (κ3) is 3.38. The molecule has 0 radical (unpaired) electrons. The molecule has 29 heavy (non-hydrogen) atoms. The zero-order chi connectivity index (χ0) is 20.2. The number of pyridine rings is 1. The van der Waals surface area contributed by atoms with Crippen molar-refractivity contribution in [3.63, 3.8) is 0 Å². The molecule has 1 saturated heterocycles. The van der Waals surface area contributed by atoms with E-state index in [0.29, 0.717) is 11.3 Å². The van der Waals surface area contributed by atoms with Gasteiger partial charge in [0.1, 0.15) is 5.82 Å². The molecule has 0 unspecified atom stereocenters. The summed E-state index contributed by atoms with van der Waals surface area (Å²) in [6.07, 6.45) is 9.19. The number of rotatable bonds is 3. The quantitative estimate of drug-likeness (QED) is 0.652. The first kappa shape index (κ1) is 18.8. The fraction of sp³-hybridized carbons (Fsp3) is 0.478. The number of hydrogen-bond acceptors (Lipinski definition) is 3. The third-order valence-electron chi connectivity index (χ3n) is 7.18. The van der Waals surface area contributed by atoms with E-state index in [-0.39, 0.29) is 0 Å². The topological polar surface area (TPSA) is 38.0 Å². The van der Waals surface area contributed by atoms with Crippen LogP contribution >= 0.6 is 12.2 Å². The number of fused-ring (bicyclic) bond motifs is 1. The van der Waals surface area contributed by atoms with Crippen LogP contribution in [0.3, 0.4) is 0 Å². The molecule has 0 bridgehead atoms. The highest BCUT2D eigenvalue weighted by Crippen LogP contribution is 2.52. The summed E-state index contributed by atoms with van der Waals surface area (Å²) in [5.41, 5.74) is 3.00. The number of piperidine rings is 1. The second-order valence-electron chi connectivity index (χ2n) is 9.14. The van der Waals surface area contributed by atoms with Crippen LogP contribution in [-0.2, 0) is 14.1 Å². The lowest BCUT2D eigenvalue weighted by atomic mass is 9.57. The Hall–Kier alpha value is -2.18. The fourth-order valence-corrected chi connectivity index (χ4v) is 5.26. The second kappa shape index (κ2) is 6.96. The zero-order valence-electron chi connectivity index (χ0n) is 17.5. The van der Waals surface area contributed by atoms with Gasteiger partial charge in [-0.25, -0.2) is 4.98 Å². The summed E-state index contributed by atoms with van der Waals surface area (Å²) in [5, 5.41) is 5.77. The van der Waals surface area contributed by atoms with Crippen molar-refractivity contribution in [3.8, 4) is 11.3 Å². The minimum atomic E-state index is 0.501. The number of nitrogens with zero attached hydrogens (tertiary/aromatic N) is 4. The number of aryl methyl sites for hydroxylation is 1. The summed E-state index contributed by atoms with van der Waals surface area (Å²) in [4.78, 5) is 8.00. The van der Waals surface area contributed by atoms with Crippen LogP contribution in [-0.4, -0.2) is 44.4 Å². The van der Waals surface area contributed by atoms with Crippen molar-refractivity contribution in [2.45, 2.75) is 25.7 Å². The van der Waals surface area contributed by atoms with Gasteiger partial charge in [-0.2, -0.15) is 0 Å². The van der Waals surface area contributed by atoms with Crippen molar-refractivity contribution < 1.29 is 0 Å². The van der Waals surface area contributed by atoms with Gasteiger partial charge in [0.2, 0.25) is 0 Å². The second-order valence-corrected chi connectivity index (χ2v) is 9.58. The highest BCUT2D eigenvalue weighted by atomic mass is 32.1. The number of aromatic nitrogens is 3. The molecule has 0 atom stereocenters. The Labute approximate surface area is 177 Å². The zero-order valence-corrected chi connectivity index (χ0v) is 18.3. The Morgan fingerprint density at radius 3 is 2.55 bits per heavy atom. The van der Waals surface area contributed by atoms with Gasteiger partial charge in [0.15, 0.2) is 0 Å². The van der Waals surface area contributed by atoms with Gasteiger partial charge in [-0.15, -0.1) is 0 Å². The molecule has 2 aromatic heterocycles. The van der Waals surface area contributed by atoms with Crippen LogP contribution in [0.15, 0.2) is 36.7 Å². The van der Waals surface area contributed by atoms with Crippen LogP contribution in [0.2, 0.25) is 0 Å². The van der Waals surface area contributed by atoms with E-state index in [1.54, 1.807) is 0 Å². The molecule has 5 rings (SSSR count). The van der Waals surface area contributed by atoms with E-state index in [4.69, 9.17) is 12.2 Å². The van der Waals surface area contributed by atoms with E-state index < -0.39 is 0 Å². The molecule has 1 aliphatic heterocycles. The van der Waals surface area contributed by atoms with Crippen molar-refractivity contribution in [2.24, 2.45) is 25.4 Å². The Balaban J connectivity index is 1.28. The molecular weight excluding hydrogens is 378 g/mol. The summed E-state index contributed by atoms with van der Waals surface area (Å²) in [6.45, 7) is 2.45. The van der Waals surface area contributed by atoms with Crippen molar-refractivity contribution >= 4 is 33.8 Å². The van der Waals surface area contributed by atoms with Crippen molar-refractivity contribution in [3.05, 3.63) is 36.7 Å². The first-order valence-corrected chi connectivity index (χ1v) is 10.9. The van der Waals surface area contributed by atoms with Crippen LogP contribution in [0.4, 0.5) is 5.82 Å². The molecule has 1 aliphatic carbocycles. The number of thiocarbonyl (C=S) groups is 1. The van der Waals surface area contributed by atoms with Crippen molar-refractivity contribution in [1.82, 2.24) is 19.2 Å². The minimum Gasteiger partial charge on any atom is -0.334 e. The molecule has 1 spiro atoms. The maximum Gasteiger partial charge on any atom is 0.131 e. The molecule has 152 valence electrons. The molecule has 2 fully saturated rings. The Morgan fingerprint density at radius 1 is 1.10 bits per heavy atom. The highest BCUT2D eigenvalue weighted by molar-refractivity contribution is 7.80. The molecule has 1 saturated carbocycles. The standard InChI is InChI=1S/C23H29N5S/c1-26-8-6-23(7-9-26)12-19(13-23)22(29)25-21-11-18-10-16(4-5-17(18)14-24-21)20-15-27(2)28(20)3/h4-5,10-11,14-15,19H,6-9,12-13H2,1-3H3,(H,24,25,29). The van der Waals surface area contributed by atoms with E-state index in [0.717, 1.165) is 16.2 Å². The Kier molecular flexibility index (Phi) is 4.51. The molecule has 5 nitrogen and oxygen atoms in total. The molecule has 0 amide bonds. The number of likely N-dealkylation sites (tertiary alicyclic amines) is 1. The lowest BCUT2D eigenvalue weighted by molar-refractivity contribution is 0.0199. The largest absolute Gasteiger partial charge is 0.334 e. The summed E-state index contributed by atoms with van der Waals surface area (Å²) in [7, 11) is 6.35. The van der Waals surface area contributed by atoms with E-state index in [2.05, 4.69) is 69.1 Å². The van der Waals surface area contributed by atoms with Crippen molar-refractivity contribution in [2.75, 3.05) is 25.5 Å². The first-order valence-electron chi connectivity index (χ1n) is 10.5. The van der Waals surface area contributed by atoms with E-state index in [1.165, 1.54) is 55.4 Å². The van der Waals surface area contributed by atoms with Gasteiger partial charge >= 0.3 is 0 Å². The van der Waals surface area contributed by atoms with Crippen LogP contribution < -0.4 is 5.32 Å². The molecule has 3 heterocycles. The Morgan fingerprint density at radius 2 is 1.86 bits per heavy atom. The number of benzene rings is 1. The average molecular weight is 408 g/mol. The molecule has 6 heteroatoms. The average Bonchev–Trinajstić information content (AvgIpc) is 2.70. The van der Waals surface area contributed by atoms with Gasteiger partial charge in [0.05, 0.1) is 10.7 Å². The van der Waals surface area contributed by atoms with Crippen LogP contribution in [0.1, 0.15) is 25.7 Å². The number of nitrogens with one attached hydrogen (secondary N) is 1. The maximum absolute atomic E-state index is 5.75. The Bertz CT molecular complexity index is 1060. The summed E-state index contributed by atoms with van der Waals surface area (Å²) in [6, 6.07) is 8.66. The SMILES string of the molecule is CN1CCC2(CC1)CC(C(=S)Nc1cc3cc(-c4cn(C)n4C)ccc3cn1)C2. The van der Waals surface area contributed by atoms with Gasteiger partial charge in [-0.3, -0.25) is 9.36 Å². The predicted octanol–water partition coefficient (Wildman–Crippen LogP) is 4.44. The molecule has 1 N–H and O–H groups in total. The van der Waals surface area contributed by atoms with Gasteiger partial charge in [-0.1, -0.05) is 24.4 Å². The summed E-state index contributed by atoms with van der Waals surface area (Å²) >= 11 is 5.75. The van der Waals surface area contributed by atoms with Gasteiger partial charge in [0, 0.05) is 43.4 Å². The molecular formula is C23H29N5S. The lowest BCUT2D eigenvalue weighted by Gasteiger charge is -2.52. The van der Waals surface area contributed by atoms with E-state index >= 15 is 0 Å². The summed E-state index contributed by atoms with van der Waals surface area (Å²) in [5.74, 6) is 1.36. The monoisotopic (exact) mass is 407 g/mol. The van der Waals surface area contributed by atoms with E-state index in [1.807, 2.05) is 13.2 Å². The summed E-state index contributed by atoms with van der Waals surface area (Å²) < 4.78 is 4.22. The highest BCUT2D eigenvalue weighted by Gasteiger charge is 2.46.